The number of benzene rings is 1. The number of carbonyl (C=O) groups excluding carboxylic acids is 2. The Balaban J connectivity index is 2.09. The molecule has 0 aliphatic carbocycles. The standard InChI is InChI=1S/C18H23IN2O4/c1-11(2)10-14(18(24)25)20-16(22)15-4-3-9-21(15)17(23)12-5-7-13(19)8-6-12/h5-8,11,14-15H,3-4,9-10H2,1-2H3,(H,20,22)(H,24,25)/t14-,15-/m0/s1. The molecule has 1 heterocycles. The van der Waals surface area contributed by atoms with Gasteiger partial charge in [0.2, 0.25) is 5.91 Å². The molecule has 6 nitrogen and oxygen atoms in total. The van der Waals surface area contributed by atoms with Gasteiger partial charge in [-0.25, -0.2) is 4.79 Å². The van der Waals surface area contributed by atoms with E-state index in [4.69, 9.17) is 0 Å². The monoisotopic (exact) mass is 458 g/mol. The molecule has 0 saturated carbocycles. The Morgan fingerprint density at radius 1 is 1.28 bits per heavy atom. The first kappa shape index (κ1) is 19.7. The maximum atomic E-state index is 12.7. The molecule has 1 aromatic carbocycles. The van der Waals surface area contributed by atoms with Crippen LogP contribution in [0.4, 0.5) is 0 Å². The minimum absolute atomic E-state index is 0.148. The zero-order valence-electron chi connectivity index (χ0n) is 14.4. The van der Waals surface area contributed by atoms with Crippen LogP contribution in [-0.2, 0) is 9.59 Å². The summed E-state index contributed by atoms with van der Waals surface area (Å²) >= 11 is 2.17. The average Bonchev–Trinajstić information content (AvgIpc) is 3.03. The number of hydrogen-bond donors (Lipinski definition) is 2. The Bertz CT molecular complexity index is 645. The van der Waals surface area contributed by atoms with Crippen molar-refractivity contribution in [3.05, 3.63) is 33.4 Å². The molecule has 0 aromatic heterocycles. The van der Waals surface area contributed by atoms with Crippen LogP contribution in [0.5, 0.6) is 0 Å². The second-order valence-corrected chi connectivity index (χ2v) is 7.94. The first-order valence-corrected chi connectivity index (χ1v) is 9.47. The van der Waals surface area contributed by atoms with E-state index in [0.717, 1.165) is 9.99 Å². The van der Waals surface area contributed by atoms with E-state index in [1.807, 2.05) is 26.0 Å². The lowest BCUT2D eigenvalue weighted by atomic mass is 10.0. The van der Waals surface area contributed by atoms with Crippen LogP contribution in [0.25, 0.3) is 0 Å². The van der Waals surface area contributed by atoms with Crippen LogP contribution >= 0.6 is 22.6 Å². The number of halogens is 1. The molecule has 2 N–H and O–H groups in total. The van der Waals surface area contributed by atoms with Gasteiger partial charge in [-0.1, -0.05) is 13.8 Å². The minimum atomic E-state index is -1.05. The van der Waals surface area contributed by atoms with Crippen molar-refractivity contribution >= 4 is 40.4 Å². The summed E-state index contributed by atoms with van der Waals surface area (Å²) < 4.78 is 1.03. The molecular weight excluding hydrogens is 435 g/mol. The molecule has 0 bridgehead atoms. The van der Waals surface area contributed by atoms with Gasteiger partial charge in [-0.2, -0.15) is 0 Å². The normalized spacial score (nSPS) is 18.2. The number of nitrogens with zero attached hydrogens (tertiary/aromatic N) is 1. The molecule has 2 atom stereocenters. The van der Waals surface area contributed by atoms with E-state index in [1.54, 1.807) is 17.0 Å². The highest BCUT2D eigenvalue weighted by molar-refractivity contribution is 14.1. The minimum Gasteiger partial charge on any atom is -0.480 e. The lowest BCUT2D eigenvalue weighted by molar-refractivity contribution is -0.142. The van der Waals surface area contributed by atoms with Crippen LogP contribution in [0.3, 0.4) is 0 Å². The topological polar surface area (TPSA) is 86.7 Å². The summed E-state index contributed by atoms with van der Waals surface area (Å²) in [5.41, 5.74) is 0.539. The number of nitrogens with one attached hydrogen (secondary N) is 1. The molecule has 2 rings (SSSR count). The van der Waals surface area contributed by atoms with Crippen molar-refractivity contribution in [1.82, 2.24) is 10.2 Å². The maximum Gasteiger partial charge on any atom is 0.326 e. The highest BCUT2D eigenvalue weighted by Crippen LogP contribution is 2.21. The van der Waals surface area contributed by atoms with E-state index < -0.39 is 18.1 Å². The Morgan fingerprint density at radius 3 is 2.48 bits per heavy atom. The number of likely N-dealkylation sites (tertiary alicyclic amines) is 1. The third-order valence-electron chi connectivity index (χ3n) is 4.23. The molecule has 1 aliphatic rings. The molecule has 7 heteroatoms. The fraction of sp³-hybridized carbons (Fsp3) is 0.500. The number of aliphatic carboxylic acids is 1. The first-order valence-electron chi connectivity index (χ1n) is 8.39. The summed E-state index contributed by atoms with van der Waals surface area (Å²) in [5, 5.41) is 11.9. The third-order valence-corrected chi connectivity index (χ3v) is 4.95. The molecule has 0 unspecified atom stereocenters. The van der Waals surface area contributed by atoms with Crippen LogP contribution in [0.2, 0.25) is 0 Å². The Morgan fingerprint density at radius 2 is 1.92 bits per heavy atom. The van der Waals surface area contributed by atoms with Gasteiger partial charge in [-0.3, -0.25) is 9.59 Å². The molecule has 1 aromatic rings. The number of carbonyl (C=O) groups is 3. The number of carboxylic acids is 1. The second kappa shape index (κ2) is 8.64. The number of hydrogen-bond acceptors (Lipinski definition) is 3. The predicted molar refractivity (Wildman–Crippen MR) is 102 cm³/mol. The van der Waals surface area contributed by atoms with Crippen LogP contribution in [0.1, 0.15) is 43.5 Å². The van der Waals surface area contributed by atoms with Gasteiger partial charge >= 0.3 is 5.97 Å². The van der Waals surface area contributed by atoms with E-state index in [1.165, 1.54) is 0 Å². The van der Waals surface area contributed by atoms with Crippen LogP contribution < -0.4 is 5.32 Å². The number of rotatable bonds is 6. The van der Waals surface area contributed by atoms with Gasteiger partial charge in [0.05, 0.1) is 0 Å². The van der Waals surface area contributed by atoms with Gasteiger partial charge in [-0.15, -0.1) is 0 Å². The van der Waals surface area contributed by atoms with Crippen LogP contribution in [0.15, 0.2) is 24.3 Å². The van der Waals surface area contributed by atoms with Gasteiger partial charge in [-0.05, 0) is 72.0 Å². The van der Waals surface area contributed by atoms with E-state index >= 15 is 0 Å². The van der Waals surface area contributed by atoms with Crippen molar-refractivity contribution in [3.63, 3.8) is 0 Å². The van der Waals surface area contributed by atoms with Gasteiger partial charge in [0.15, 0.2) is 0 Å². The summed E-state index contributed by atoms with van der Waals surface area (Å²) in [4.78, 5) is 38.2. The average molecular weight is 458 g/mol. The summed E-state index contributed by atoms with van der Waals surface area (Å²) in [7, 11) is 0. The van der Waals surface area contributed by atoms with Gasteiger partial charge in [0.25, 0.3) is 5.91 Å². The van der Waals surface area contributed by atoms with Crippen molar-refractivity contribution < 1.29 is 19.5 Å². The zero-order chi connectivity index (χ0) is 18.6. The molecule has 1 saturated heterocycles. The lowest BCUT2D eigenvalue weighted by Gasteiger charge is -2.26. The third kappa shape index (κ3) is 5.17. The van der Waals surface area contributed by atoms with Crippen molar-refractivity contribution in [2.24, 2.45) is 5.92 Å². The fourth-order valence-electron chi connectivity index (χ4n) is 3.00. The summed E-state index contributed by atoms with van der Waals surface area (Å²) in [6.45, 7) is 4.32. The molecule has 0 radical (unpaired) electrons. The van der Waals surface area contributed by atoms with Gasteiger partial charge in [0, 0.05) is 15.7 Å². The highest BCUT2D eigenvalue weighted by Gasteiger charge is 2.36. The van der Waals surface area contributed by atoms with Gasteiger partial charge in [0.1, 0.15) is 12.1 Å². The summed E-state index contributed by atoms with van der Waals surface area (Å²) in [5.74, 6) is -1.47. The summed E-state index contributed by atoms with van der Waals surface area (Å²) in [6, 6.07) is 5.65. The van der Waals surface area contributed by atoms with E-state index in [9.17, 15) is 19.5 Å². The summed E-state index contributed by atoms with van der Waals surface area (Å²) in [6.07, 6.45) is 1.64. The SMILES string of the molecule is CC(C)C[C@H](NC(=O)[C@@H]1CCCN1C(=O)c1ccc(I)cc1)C(=O)O. The van der Waals surface area contributed by atoms with E-state index in [2.05, 4.69) is 27.9 Å². The van der Waals surface area contributed by atoms with E-state index in [0.29, 0.717) is 24.9 Å². The van der Waals surface area contributed by atoms with Crippen molar-refractivity contribution in [1.29, 1.82) is 0 Å². The predicted octanol–water partition coefficient (Wildman–Crippen LogP) is 2.51. The fourth-order valence-corrected chi connectivity index (χ4v) is 3.36. The van der Waals surface area contributed by atoms with Crippen LogP contribution in [0, 0.1) is 9.49 Å². The molecule has 136 valence electrons. The van der Waals surface area contributed by atoms with Gasteiger partial charge < -0.3 is 15.3 Å². The highest BCUT2D eigenvalue weighted by atomic mass is 127. The number of amides is 2. The number of carboxylic acid groups (broad SMARTS) is 1. The van der Waals surface area contributed by atoms with Crippen molar-refractivity contribution in [3.8, 4) is 0 Å². The maximum absolute atomic E-state index is 12.7. The second-order valence-electron chi connectivity index (χ2n) is 6.69. The lowest BCUT2D eigenvalue weighted by Crippen LogP contribution is -2.51. The van der Waals surface area contributed by atoms with Crippen molar-refractivity contribution in [2.75, 3.05) is 6.54 Å². The van der Waals surface area contributed by atoms with Crippen molar-refractivity contribution in [2.45, 2.75) is 45.2 Å². The Kier molecular flexibility index (Phi) is 6.80. The molecule has 25 heavy (non-hydrogen) atoms. The van der Waals surface area contributed by atoms with Crippen LogP contribution in [-0.4, -0.2) is 46.4 Å². The molecule has 1 fully saturated rings. The molecule has 0 spiro atoms. The Labute approximate surface area is 161 Å². The molecule has 1 aliphatic heterocycles. The smallest absolute Gasteiger partial charge is 0.326 e. The molecular formula is C18H23IN2O4. The molecule has 2 amide bonds. The first-order chi connectivity index (χ1) is 11.8. The Hall–Kier alpha value is -1.64. The quantitative estimate of drug-likeness (QED) is 0.642. The van der Waals surface area contributed by atoms with E-state index in [-0.39, 0.29) is 17.7 Å². The largest absolute Gasteiger partial charge is 0.480 e. The zero-order valence-corrected chi connectivity index (χ0v) is 16.5.